The topological polar surface area (TPSA) is 75.4 Å². The molecule has 134 valence electrons. The zero-order valence-electron chi connectivity index (χ0n) is 14.0. The van der Waals surface area contributed by atoms with Crippen LogP contribution in [0.25, 0.3) is 0 Å². The van der Waals surface area contributed by atoms with E-state index < -0.39 is 11.9 Å². The lowest BCUT2D eigenvalue weighted by atomic mass is 9.99. The van der Waals surface area contributed by atoms with E-state index in [0.717, 1.165) is 12.8 Å². The SMILES string of the molecule is CC(C)C(NC(=O)c1ccc(F)cc1)C(=O)N1CCC(N)CC1.Cl. The molecular weight excluding hydrogens is 333 g/mol. The third-order valence-electron chi connectivity index (χ3n) is 4.18. The van der Waals surface area contributed by atoms with Gasteiger partial charge in [-0.25, -0.2) is 4.39 Å². The number of nitrogens with zero attached hydrogens (tertiary/aromatic N) is 1. The predicted octanol–water partition coefficient (Wildman–Crippen LogP) is 1.95. The highest BCUT2D eigenvalue weighted by Crippen LogP contribution is 2.14. The highest BCUT2D eigenvalue weighted by Gasteiger charge is 2.30. The van der Waals surface area contributed by atoms with E-state index >= 15 is 0 Å². The van der Waals surface area contributed by atoms with Crippen LogP contribution in [-0.4, -0.2) is 41.9 Å². The number of rotatable bonds is 4. The van der Waals surface area contributed by atoms with E-state index in [4.69, 9.17) is 5.73 Å². The molecule has 1 saturated heterocycles. The summed E-state index contributed by atoms with van der Waals surface area (Å²) in [5.74, 6) is -0.890. The Morgan fingerprint density at radius 1 is 1.21 bits per heavy atom. The molecule has 1 aliphatic heterocycles. The molecule has 0 aromatic heterocycles. The number of hydrogen-bond donors (Lipinski definition) is 2. The van der Waals surface area contributed by atoms with Crippen LogP contribution in [0.4, 0.5) is 4.39 Å². The normalized spacial score (nSPS) is 16.5. The van der Waals surface area contributed by atoms with Crippen LogP contribution in [0.5, 0.6) is 0 Å². The van der Waals surface area contributed by atoms with E-state index in [1.165, 1.54) is 24.3 Å². The monoisotopic (exact) mass is 357 g/mol. The van der Waals surface area contributed by atoms with E-state index in [0.29, 0.717) is 18.7 Å². The number of carbonyl (C=O) groups excluding carboxylic acids is 2. The molecular formula is C17H25ClFN3O2. The van der Waals surface area contributed by atoms with Crippen molar-refractivity contribution in [3.8, 4) is 0 Å². The summed E-state index contributed by atoms with van der Waals surface area (Å²) < 4.78 is 12.9. The van der Waals surface area contributed by atoms with Crippen molar-refractivity contribution in [3.05, 3.63) is 35.6 Å². The molecule has 1 aliphatic rings. The second-order valence-corrected chi connectivity index (χ2v) is 6.36. The maximum atomic E-state index is 12.9. The fourth-order valence-electron chi connectivity index (χ4n) is 2.66. The van der Waals surface area contributed by atoms with Gasteiger partial charge in [0.15, 0.2) is 0 Å². The molecule has 0 aliphatic carbocycles. The largest absolute Gasteiger partial charge is 0.341 e. The van der Waals surface area contributed by atoms with Crippen molar-refractivity contribution in [2.24, 2.45) is 11.7 Å². The van der Waals surface area contributed by atoms with Crippen LogP contribution in [0.2, 0.25) is 0 Å². The van der Waals surface area contributed by atoms with Crippen LogP contribution in [-0.2, 0) is 4.79 Å². The van der Waals surface area contributed by atoms with Gasteiger partial charge in [0.2, 0.25) is 5.91 Å². The Balaban J connectivity index is 0.00000288. The van der Waals surface area contributed by atoms with Crippen molar-refractivity contribution in [2.75, 3.05) is 13.1 Å². The van der Waals surface area contributed by atoms with Crippen molar-refractivity contribution in [2.45, 2.75) is 38.8 Å². The van der Waals surface area contributed by atoms with Crippen molar-refractivity contribution in [1.82, 2.24) is 10.2 Å². The predicted molar refractivity (Wildman–Crippen MR) is 93.5 cm³/mol. The van der Waals surface area contributed by atoms with Gasteiger partial charge < -0.3 is 16.0 Å². The molecule has 1 atom stereocenters. The Hall–Kier alpha value is -1.66. The van der Waals surface area contributed by atoms with Crippen LogP contribution in [0, 0.1) is 11.7 Å². The van der Waals surface area contributed by atoms with E-state index in [9.17, 15) is 14.0 Å². The van der Waals surface area contributed by atoms with Gasteiger partial charge in [0.25, 0.3) is 5.91 Å². The molecule has 1 unspecified atom stereocenters. The summed E-state index contributed by atoms with van der Waals surface area (Å²) in [6.45, 7) is 5.03. The number of hydrogen-bond acceptors (Lipinski definition) is 3. The summed E-state index contributed by atoms with van der Waals surface area (Å²) in [4.78, 5) is 26.7. The fraction of sp³-hybridized carbons (Fsp3) is 0.529. The molecule has 5 nitrogen and oxygen atoms in total. The number of benzene rings is 1. The van der Waals surface area contributed by atoms with Gasteiger partial charge >= 0.3 is 0 Å². The molecule has 2 amide bonds. The summed E-state index contributed by atoms with van der Waals surface area (Å²) in [6, 6.07) is 4.83. The van der Waals surface area contributed by atoms with Crippen molar-refractivity contribution in [1.29, 1.82) is 0 Å². The lowest BCUT2D eigenvalue weighted by Crippen LogP contribution is -2.54. The second kappa shape index (κ2) is 8.99. The molecule has 1 aromatic rings. The molecule has 0 spiro atoms. The highest BCUT2D eigenvalue weighted by atomic mass is 35.5. The standard InChI is InChI=1S/C17H24FN3O2.ClH/c1-11(2)15(17(23)21-9-7-14(19)8-10-21)20-16(22)12-3-5-13(18)6-4-12;/h3-6,11,14-15H,7-10,19H2,1-2H3,(H,20,22);1H. The third kappa shape index (κ3) is 5.18. The van der Waals surface area contributed by atoms with Gasteiger partial charge in [-0.1, -0.05) is 13.8 Å². The average molecular weight is 358 g/mol. The van der Waals surface area contributed by atoms with Crippen molar-refractivity contribution >= 4 is 24.2 Å². The zero-order valence-corrected chi connectivity index (χ0v) is 14.8. The van der Waals surface area contributed by atoms with Gasteiger partial charge in [-0.3, -0.25) is 9.59 Å². The van der Waals surface area contributed by atoms with Crippen LogP contribution in [0.15, 0.2) is 24.3 Å². The summed E-state index contributed by atoms with van der Waals surface area (Å²) in [6.07, 6.45) is 1.56. The van der Waals surface area contributed by atoms with Gasteiger partial charge in [-0.15, -0.1) is 12.4 Å². The number of nitrogens with one attached hydrogen (secondary N) is 1. The van der Waals surface area contributed by atoms with Gasteiger partial charge in [0.05, 0.1) is 0 Å². The number of carbonyl (C=O) groups is 2. The molecule has 0 saturated carbocycles. The van der Waals surface area contributed by atoms with Crippen LogP contribution < -0.4 is 11.1 Å². The van der Waals surface area contributed by atoms with Gasteiger partial charge in [0, 0.05) is 24.7 Å². The first-order valence-corrected chi connectivity index (χ1v) is 7.99. The Kier molecular flexibility index (Phi) is 7.63. The first-order valence-electron chi connectivity index (χ1n) is 7.99. The summed E-state index contributed by atoms with van der Waals surface area (Å²) >= 11 is 0. The zero-order chi connectivity index (χ0) is 17.0. The first-order chi connectivity index (χ1) is 10.9. The Bertz CT molecular complexity index is 557. The Morgan fingerprint density at radius 2 is 1.75 bits per heavy atom. The van der Waals surface area contributed by atoms with Crippen LogP contribution >= 0.6 is 12.4 Å². The molecule has 3 N–H and O–H groups in total. The van der Waals surface area contributed by atoms with E-state index in [1.807, 2.05) is 13.8 Å². The van der Waals surface area contributed by atoms with Crippen molar-refractivity contribution < 1.29 is 14.0 Å². The lowest BCUT2D eigenvalue weighted by Gasteiger charge is -2.34. The Morgan fingerprint density at radius 3 is 2.25 bits per heavy atom. The van der Waals surface area contributed by atoms with E-state index in [1.54, 1.807) is 4.90 Å². The lowest BCUT2D eigenvalue weighted by molar-refractivity contribution is -0.135. The molecule has 1 heterocycles. The fourth-order valence-corrected chi connectivity index (χ4v) is 2.66. The third-order valence-corrected chi connectivity index (χ3v) is 4.18. The molecule has 24 heavy (non-hydrogen) atoms. The number of nitrogens with two attached hydrogens (primary N) is 1. The molecule has 0 radical (unpaired) electrons. The molecule has 1 aromatic carbocycles. The van der Waals surface area contributed by atoms with E-state index in [2.05, 4.69) is 5.32 Å². The number of halogens is 2. The summed E-state index contributed by atoms with van der Waals surface area (Å²) in [7, 11) is 0. The minimum atomic E-state index is -0.595. The molecule has 0 bridgehead atoms. The second-order valence-electron chi connectivity index (χ2n) is 6.36. The molecule has 7 heteroatoms. The first kappa shape index (κ1) is 20.4. The number of piperidine rings is 1. The maximum Gasteiger partial charge on any atom is 0.251 e. The van der Waals surface area contributed by atoms with Crippen LogP contribution in [0.1, 0.15) is 37.0 Å². The van der Waals surface area contributed by atoms with Gasteiger partial charge in [-0.05, 0) is 43.0 Å². The minimum absolute atomic E-state index is 0. The highest BCUT2D eigenvalue weighted by molar-refractivity contribution is 5.97. The Labute approximate surface area is 148 Å². The van der Waals surface area contributed by atoms with Gasteiger partial charge in [-0.2, -0.15) is 0 Å². The summed E-state index contributed by atoms with van der Waals surface area (Å²) in [5.41, 5.74) is 6.20. The average Bonchev–Trinajstić information content (AvgIpc) is 2.53. The minimum Gasteiger partial charge on any atom is -0.341 e. The van der Waals surface area contributed by atoms with E-state index in [-0.39, 0.29) is 36.2 Å². The van der Waals surface area contributed by atoms with Gasteiger partial charge in [0.1, 0.15) is 11.9 Å². The maximum absolute atomic E-state index is 12.9. The van der Waals surface area contributed by atoms with Crippen molar-refractivity contribution in [3.63, 3.8) is 0 Å². The van der Waals surface area contributed by atoms with Crippen LogP contribution in [0.3, 0.4) is 0 Å². The number of amides is 2. The molecule has 2 rings (SSSR count). The quantitative estimate of drug-likeness (QED) is 0.864. The molecule has 1 fully saturated rings. The number of likely N-dealkylation sites (tertiary alicyclic amines) is 1. The smallest absolute Gasteiger partial charge is 0.251 e. The summed E-state index contributed by atoms with van der Waals surface area (Å²) in [5, 5.41) is 2.78.